The van der Waals surface area contributed by atoms with Crippen LogP contribution >= 0.6 is 0 Å². The smallest absolute Gasteiger partial charge is 0.245 e. The van der Waals surface area contributed by atoms with E-state index in [2.05, 4.69) is 21.8 Å². The monoisotopic (exact) mass is 424 g/mol. The fraction of sp³-hybridized carbons (Fsp3) is 0.348. The van der Waals surface area contributed by atoms with E-state index in [1.807, 2.05) is 11.8 Å². The summed E-state index contributed by atoms with van der Waals surface area (Å²) in [5.41, 5.74) is 2.87. The number of phenols is 1. The molecule has 1 spiro atoms. The average Bonchev–Trinajstić information content (AvgIpc) is 3.30. The number of H-pyrrole nitrogens is 1. The molecule has 0 radical (unpaired) electrons. The lowest BCUT2D eigenvalue weighted by Gasteiger charge is -2.51. The van der Waals surface area contributed by atoms with Gasteiger partial charge in [-0.05, 0) is 43.5 Å². The molecule has 2 aliphatic rings. The van der Waals surface area contributed by atoms with Gasteiger partial charge in [-0.1, -0.05) is 13.0 Å². The van der Waals surface area contributed by atoms with Gasteiger partial charge in [-0.15, -0.1) is 10.2 Å². The van der Waals surface area contributed by atoms with Gasteiger partial charge >= 0.3 is 0 Å². The van der Waals surface area contributed by atoms with Crippen molar-refractivity contribution in [2.45, 2.75) is 32.1 Å². The molecule has 3 aromatic rings. The molecule has 1 saturated carbocycles. The highest BCUT2D eigenvalue weighted by Crippen LogP contribution is 2.55. The Hall–Kier alpha value is -3.29. The number of aromatic nitrogens is 3. The van der Waals surface area contributed by atoms with E-state index >= 15 is 0 Å². The Morgan fingerprint density at radius 2 is 2.10 bits per heavy atom. The van der Waals surface area contributed by atoms with Crippen LogP contribution in [0.4, 0.5) is 8.78 Å². The molecule has 0 unspecified atom stereocenters. The first-order valence-corrected chi connectivity index (χ1v) is 10.3. The lowest BCUT2D eigenvalue weighted by Crippen LogP contribution is -2.59. The summed E-state index contributed by atoms with van der Waals surface area (Å²) in [6.45, 7) is 6.99. The van der Waals surface area contributed by atoms with Gasteiger partial charge < -0.3 is 15.0 Å². The van der Waals surface area contributed by atoms with Gasteiger partial charge in [0.2, 0.25) is 5.91 Å². The van der Waals surface area contributed by atoms with Gasteiger partial charge in [-0.2, -0.15) is 0 Å². The summed E-state index contributed by atoms with van der Waals surface area (Å²) in [4.78, 5) is 17.2. The molecule has 2 aromatic heterocycles. The third-order valence-electron chi connectivity index (χ3n) is 6.91. The summed E-state index contributed by atoms with van der Waals surface area (Å²) in [5.74, 6) is -2.27. The van der Waals surface area contributed by atoms with Crippen molar-refractivity contribution in [3.05, 3.63) is 53.7 Å². The topological polar surface area (TPSA) is 82.1 Å². The van der Waals surface area contributed by atoms with Gasteiger partial charge in [0, 0.05) is 47.1 Å². The third-order valence-corrected chi connectivity index (χ3v) is 6.91. The Morgan fingerprint density at radius 1 is 1.32 bits per heavy atom. The SMILES string of the molecule is C=CC(=O)N1CC2(CCC[C@H]2c2[nH]c3nnc(-c4cc(F)cc(F)c4O)cc3c2C)C1. The van der Waals surface area contributed by atoms with Crippen LogP contribution in [0.1, 0.15) is 36.4 Å². The van der Waals surface area contributed by atoms with Crippen LogP contribution in [-0.4, -0.2) is 44.2 Å². The van der Waals surface area contributed by atoms with Gasteiger partial charge in [0.15, 0.2) is 17.2 Å². The number of rotatable bonds is 3. The second kappa shape index (κ2) is 6.87. The number of carbonyl (C=O) groups is 1. The predicted octanol–water partition coefficient (Wildman–Crippen LogP) is 4.20. The fourth-order valence-corrected chi connectivity index (χ4v) is 5.34. The van der Waals surface area contributed by atoms with Crippen LogP contribution in [0.25, 0.3) is 22.3 Å². The summed E-state index contributed by atoms with van der Waals surface area (Å²) in [6, 6.07) is 3.37. The summed E-state index contributed by atoms with van der Waals surface area (Å²) in [7, 11) is 0. The molecule has 2 N–H and O–H groups in total. The van der Waals surface area contributed by atoms with Gasteiger partial charge in [-0.3, -0.25) is 4.79 Å². The van der Waals surface area contributed by atoms with Crippen molar-refractivity contribution in [3.8, 4) is 17.0 Å². The lowest BCUT2D eigenvalue weighted by molar-refractivity contribution is -0.138. The summed E-state index contributed by atoms with van der Waals surface area (Å²) in [5, 5.41) is 19.1. The summed E-state index contributed by atoms with van der Waals surface area (Å²) < 4.78 is 27.5. The lowest BCUT2D eigenvalue weighted by atomic mass is 9.69. The van der Waals surface area contributed by atoms with E-state index in [-0.39, 0.29) is 28.5 Å². The molecule has 3 heterocycles. The normalized spacial score (nSPS) is 19.7. The molecular weight excluding hydrogens is 402 g/mol. The molecule has 2 fully saturated rings. The molecule has 1 atom stereocenters. The standard InChI is InChI=1S/C23H22F2N4O2/c1-3-19(30)29-10-23(11-29)6-4-5-16(23)20-12(2)14-9-18(27-28-22(14)26-20)15-7-13(24)8-17(25)21(15)31/h3,7-9,16,31H,1,4-6,10-11H2,2H3,(H,26,28)/t16-/m0/s1. The molecular formula is C23H22F2N4O2. The van der Waals surface area contributed by atoms with Crippen LogP contribution in [0.3, 0.4) is 0 Å². The summed E-state index contributed by atoms with van der Waals surface area (Å²) in [6.07, 6.45) is 4.51. The molecule has 1 aliphatic carbocycles. The first-order chi connectivity index (χ1) is 14.8. The Kier molecular flexibility index (Phi) is 4.35. The minimum absolute atomic E-state index is 0.0380. The molecule has 5 rings (SSSR count). The van der Waals surface area contributed by atoms with Crippen LogP contribution in [0.2, 0.25) is 0 Å². The van der Waals surface area contributed by atoms with E-state index in [0.717, 1.165) is 42.0 Å². The van der Waals surface area contributed by atoms with Crippen molar-refractivity contribution in [2.24, 2.45) is 5.41 Å². The number of hydrogen-bond donors (Lipinski definition) is 2. The van der Waals surface area contributed by atoms with Crippen molar-refractivity contribution in [1.82, 2.24) is 20.1 Å². The maximum absolute atomic E-state index is 13.8. The number of nitrogens with zero attached hydrogens (tertiary/aromatic N) is 3. The van der Waals surface area contributed by atoms with Gasteiger partial charge in [0.25, 0.3) is 0 Å². The van der Waals surface area contributed by atoms with E-state index < -0.39 is 17.4 Å². The number of likely N-dealkylation sites (tertiary alicyclic amines) is 1. The van der Waals surface area contributed by atoms with Crippen molar-refractivity contribution < 1.29 is 18.7 Å². The number of amides is 1. The fourth-order valence-electron chi connectivity index (χ4n) is 5.34. The highest BCUT2D eigenvalue weighted by Gasteiger charge is 2.53. The summed E-state index contributed by atoms with van der Waals surface area (Å²) >= 11 is 0. The van der Waals surface area contributed by atoms with Crippen LogP contribution in [0.15, 0.2) is 30.9 Å². The minimum Gasteiger partial charge on any atom is -0.504 e. The number of nitrogens with one attached hydrogen (secondary N) is 1. The Labute approximate surface area is 177 Å². The number of phenolic OH excluding ortho intramolecular Hbond substituents is 1. The molecule has 8 heteroatoms. The molecule has 0 bridgehead atoms. The zero-order valence-corrected chi connectivity index (χ0v) is 17.1. The quantitative estimate of drug-likeness (QED) is 0.618. The number of halogens is 2. The maximum atomic E-state index is 13.8. The minimum atomic E-state index is -1.04. The molecule has 1 aromatic carbocycles. The first kappa shape index (κ1) is 19.7. The van der Waals surface area contributed by atoms with Crippen molar-refractivity contribution >= 4 is 16.9 Å². The number of fused-ring (bicyclic) bond motifs is 1. The predicted molar refractivity (Wildman–Crippen MR) is 111 cm³/mol. The van der Waals surface area contributed by atoms with Crippen molar-refractivity contribution in [1.29, 1.82) is 0 Å². The maximum Gasteiger partial charge on any atom is 0.245 e. The van der Waals surface area contributed by atoms with Gasteiger partial charge in [0.1, 0.15) is 5.82 Å². The van der Waals surface area contributed by atoms with Crippen LogP contribution in [-0.2, 0) is 4.79 Å². The molecule has 6 nitrogen and oxygen atoms in total. The molecule has 1 aliphatic heterocycles. The van der Waals surface area contributed by atoms with E-state index in [9.17, 15) is 18.7 Å². The Bertz CT molecular complexity index is 1230. The number of benzene rings is 1. The number of carbonyl (C=O) groups excluding carboxylic acids is 1. The number of aromatic hydroxyl groups is 1. The molecule has 1 saturated heterocycles. The zero-order chi connectivity index (χ0) is 21.9. The van der Waals surface area contributed by atoms with E-state index in [4.69, 9.17) is 0 Å². The van der Waals surface area contributed by atoms with Crippen LogP contribution in [0, 0.1) is 24.0 Å². The zero-order valence-electron chi connectivity index (χ0n) is 17.1. The second-order valence-corrected chi connectivity index (χ2v) is 8.64. The van der Waals surface area contributed by atoms with E-state index in [1.54, 1.807) is 6.07 Å². The Morgan fingerprint density at radius 3 is 2.84 bits per heavy atom. The van der Waals surface area contributed by atoms with E-state index in [1.165, 1.54) is 6.08 Å². The second-order valence-electron chi connectivity index (χ2n) is 8.64. The van der Waals surface area contributed by atoms with Crippen LogP contribution < -0.4 is 0 Å². The molecule has 1 amide bonds. The van der Waals surface area contributed by atoms with Crippen molar-refractivity contribution in [3.63, 3.8) is 0 Å². The molecule has 160 valence electrons. The number of hydrogen-bond acceptors (Lipinski definition) is 4. The van der Waals surface area contributed by atoms with Gasteiger partial charge in [0.05, 0.1) is 5.69 Å². The Balaban J connectivity index is 1.53. The largest absolute Gasteiger partial charge is 0.504 e. The van der Waals surface area contributed by atoms with Crippen molar-refractivity contribution in [2.75, 3.05) is 13.1 Å². The number of aromatic amines is 1. The van der Waals surface area contributed by atoms with Gasteiger partial charge in [-0.25, -0.2) is 8.78 Å². The average molecular weight is 424 g/mol. The molecule has 31 heavy (non-hydrogen) atoms. The van der Waals surface area contributed by atoms with E-state index in [0.29, 0.717) is 24.8 Å². The highest BCUT2D eigenvalue weighted by molar-refractivity contribution is 5.88. The van der Waals surface area contributed by atoms with Crippen LogP contribution in [0.5, 0.6) is 5.75 Å². The number of aryl methyl sites for hydroxylation is 1. The third kappa shape index (κ3) is 2.92. The highest BCUT2D eigenvalue weighted by atomic mass is 19.1. The first-order valence-electron chi connectivity index (χ1n) is 10.3.